The van der Waals surface area contributed by atoms with Crippen LogP contribution >= 0.6 is 0 Å². The van der Waals surface area contributed by atoms with Gasteiger partial charge in [-0.1, -0.05) is 0 Å². The van der Waals surface area contributed by atoms with E-state index >= 15 is 0 Å². The fourth-order valence-corrected chi connectivity index (χ4v) is 3.36. The van der Waals surface area contributed by atoms with Gasteiger partial charge in [-0.3, -0.25) is 0 Å². The Labute approximate surface area is 152 Å². The summed E-state index contributed by atoms with van der Waals surface area (Å²) in [5, 5.41) is 7.76. The predicted octanol–water partition coefficient (Wildman–Crippen LogP) is 3.85. The lowest BCUT2D eigenvalue weighted by molar-refractivity contribution is 0.600. The van der Waals surface area contributed by atoms with E-state index in [1.807, 2.05) is 30.0 Å². The van der Waals surface area contributed by atoms with Crippen molar-refractivity contribution >= 4 is 22.6 Å². The van der Waals surface area contributed by atoms with Crippen molar-refractivity contribution in [2.45, 2.75) is 46.7 Å². The van der Waals surface area contributed by atoms with E-state index in [1.165, 1.54) is 0 Å². The molecule has 0 aliphatic heterocycles. The highest BCUT2D eigenvalue weighted by Crippen LogP contribution is 2.28. The normalized spacial score (nSPS) is 12.0. The van der Waals surface area contributed by atoms with Gasteiger partial charge in [-0.2, -0.15) is 0 Å². The second-order valence-corrected chi connectivity index (χ2v) is 7.13. The summed E-state index contributed by atoms with van der Waals surface area (Å²) < 4.78 is 4.06. The molecule has 0 atom stereocenters. The van der Waals surface area contributed by atoms with Crippen molar-refractivity contribution in [2.75, 3.05) is 5.32 Å². The van der Waals surface area contributed by atoms with E-state index in [4.69, 9.17) is 0 Å². The monoisotopic (exact) mass is 349 g/mol. The number of pyridine rings is 1. The van der Waals surface area contributed by atoms with Crippen LogP contribution in [0.5, 0.6) is 0 Å². The number of fused-ring (bicyclic) bond motifs is 2. The molecule has 0 aliphatic carbocycles. The molecule has 0 fully saturated rings. The fraction of sp³-hybridized carbons (Fsp3) is 0.368. The van der Waals surface area contributed by atoms with Crippen molar-refractivity contribution in [3.63, 3.8) is 0 Å². The Morgan fingerprint density at radius 1 is 1.04 bits per heavy atom. The van der Waals surface area contributed by atoms with E-state index in [9.17, 15) is 0 Å². The van der Waals surface area contributed by atoms with Crippen molar-refractivity contribution in [1.82, 2.24) is 29.1 Å². The zero-order chi connectivity index (χ0) is 18.4. The molecule has 0 radical (unpaired) electrons. The third-order valence-corrected chi connectivity index (χ3v) is 4.39. The molecule has 0 bridgehead atoms. The molecule has 0 saturated carbocycles. The summed E-state index contributed by atoms with van der Waals surface area (Å²) in [5.41, 5.74) is 4.88. The standard InChI is InChI=1S/C19H23N7/c1-11(2)22-19-21-10-17-15(6-7-25(17)24-19)14-8-16-18(20-9-14)23-13(5)26(16)12(3)4/h6-12H,1-5H3,(H,22,24). The minimum atomic E-state index is 0.286. The molecule has 0 spiro atoms. The molecule has 4 heterocycles. The van der Waals surface area contributed by atoms with Crippen molar-refractivity contribution in [3.8, 4) is 11.1 Å². The van der Waals surface area contributed by atoms with Gasteiger partial charge in [0.15, 0.2) is 5.65 Å². The average molecular weight is 349 g/mol. The smallest absolute Gasteiger partial charge is 0.241 e. The van der Waals surface area contributed by atoms with Crippen LogP contribution in [0.15, 0.2) is 30.7 Å². The van der Waals surface area contributed by atoms with E-state index < -0.39 is 0 Å². The first-order valence-corrected chi connectivity index (χ1v) is 8.90. The van der Waals surface area contributed by atoms with Gasteiger partial charge in [-0.15, -0.1) is 5.10 Å². The topological polar surface area (TPSA) is 72.9 Å². The van der Waals surface area contributed by atoms with Crippen LogP contribution in [0.4, 0.5) is 5.95 Å². The minimum absolute atomic E-state index is 0.286. The quantitative estimate of drug-likeness (QED) is 0.606. The molecule has 4 aromatic heterocycles. The van der Waals surface area contributed by atoms with Crippen molar-refractivity contribution < 1.29 is 0 Å². The SMILES string of the molecule is Cc1nc2ncc(-c3ccn4nc(NC(C)C)ncc34)cc2n1C(C)C. The second kappa shape index (κ2) is 6.09. The Bertz CT molecular complexity index is 1090. The molecular weight excluding hydrogens is 326 g/mol. The number of hydrogen-bond acceptors (Lipinski definition) is 5. The van der Waals surface area contributed by atoms with Gasteiger partial charge in [-0.25, -0.2) is 19.5 Å². The number of aryl methyl sites for hydroxylation is 1. The highest BCUT2D eigenvalue weighted by molar-refractivity contribution is 5.85. The molecule has 0 amide bonds. The largest absolute Gasteiger partial charge is 0.351 e. The van der Waals surface area contributed by atoms with E-state index in [-0.39, 0.29) is 6.04 Å². The molecular formula is C19H23N7. The van der Waals surface area contributed by atoms with Crippen LogP contribution in [0.25, 0.3) is 27.8 Å². The van der Waals surface area contributed by atoms with E-state index in [1.54, 1.807) is 0 Å². The Kier molecular flexibility index (Phi) is 3.86. The van der Waals surface area contributed by atoms with Gasteiger partial charge in [0, 0.05) is 35.6 Å². The molecule has 134 valence electrons. The summed E-state index contributed by atoms with van der Waals surface area (Å²) >= 11 is 0. The summed E-state index contributed by atoms with van der Waals surface area (Å²) in [6.07, 6.45) is 5.67. The molecule has 26 heavy (non-hydrogen) atoms. The minimum Gasteiger partial charge on any atom is -0.351 e. The van der Waals surface area contributed by atoms with Crippen LogP contribution in [0.3, 0.4) is 0 Å². The lowest BCUT2D eigenvalue weighted by Crippen LogP contribution is -2.13. The first kappa shape index (κ1) is 16.5. The van der Waals surface area contributed by atoms with Crippen LogP contribution in [-0.4, -0.2) is 35.2 Å². The zero-order valence-electron chi connectivity index (χ0n) is 15.7. The first-order chi connectivity index (χ1) is 12.4. The van der Waals surface area contributed by atoms with Gasteiger partial charge in [0.05, 0.1) is 17.2 Å². The number of hydrogen-bond donors (Lipinski definition) is 1. The van der Waals surface area contributed by atoms with Crippen molar-refractivity contribution in [3.05, 3.63) is 36.5 Å². The van der Waals surface area contributed by atoms with E-state index in [0.717, 1.165) is 33.6 Å². The van der Waals surface area contributed by atoms with Gasteiger partial charge in [0.25, 0.3) is 0 Å². The number of imidazole rings is 1. The molecule has 1 N–H and O–H groups in total. The second-order valence-electron chi connectivity index (χ2n) is 7.13. The Morgan fingerprint density at radius 3 is 2.58 bits per heavy atom. The molecule has 0 aromatic carbocycles. The Balaban J connectivity index is 1.83. The van der Waals surface area contributed by atoms with Crippen LogP contribution in [0.2, 0.25) is 0 Å². The van der Waals surface area contributed by atoms with Crippen molar-refractivity contribution in [1.29, 1.82) is 0 Å². The van der Waals surface area contributed by atoms with Crippen LogP contribution in [0.1, 0.15) is 39.6 Å². The van der Waals surface area contributed by atoms with Gasteiger partial charge in [-0.05, 0) is 46.8 Å². The highest BCUT2D eigenvalue weighted by atomic mass is 15.3. The maximum Gasteiger partial charge on any atom is 0.241 e. The number of aromatic nitrogens is 6. The Morgan fingerprint density at radius 2 is 1.85 bits per heavy atom. The van der Waals surface area contributed by atoms with Crippen LogP contribution in [-0.2, 0) is 0 Å². The van der Waals surface area contributed by atoms with E-state index in [2.05, 4.69) is 69.8 Å². The van der Waals surface area contributed by atoms with Gasteiger partial charge in [0.1, 0.15) is 5.82 Å². The first-order valence-electron chi connectivity index (χ1n) is 8.90. The number of nitrogens with one attached hydrogen (secondary N) is 1. The molecule has 7 nitrogen and oxygen atoms in total. The molecule has 0 unspecified atom stereocenters. The lowest BCUT2D eigenvalue weighted by atomic mass is 10.1. The maximum absolute atomic E-state index is 4.57. The summed E-state index contributed by atoms with van der Waals surface area (Å²) in [7, 11) is 0. The molecule has 0 aliphatic rings. The number of nitrogens with zero attached hydrogens (tertiary/aromatic N) is 6. The maximum atomic E-state index is 4.57. The van der Waals surface area contributed by atoms with Crippen molar-refractivity contribution in [2.24, 2.45) is 0 Å². The number of anilines is 1. The third-order valence-electron chi connectivity index (χ3n) is 4.39. The Hall–Kier alpha value is -2.96. The molecule has 0 saturated heterocycles. The van der Waals surface area contributed by atoms with Gasteiger partial charge < -0.3 is 9.88 Å². The van der Waals surface area contributed by atoms with Crippen LogP contribution in [0, 0.1) is 6.92 Å². The van der Waals surface area contributed by atoms with Gasteiger partial charge in [0.2, 0.25) is 5.95 Å². The summed E-state index contributed by atoms with van der Waals surface area (Å²) in [4.78, 5) is 13.6. The lowest BCUT2D eigenvalue weighted by Gasteiger charge is -2.11. The average Bonchev–Trinajstić information content (AvgIpc) is 3.12. The zero-order valence-corrected chi connectivity index (χ0v) is 15.7. The van der Waals surface area contributed by atoms with Crippen LogP contribution < -0.4 is 5.32 Å². The summed E-state index contributed by atoms with van der Waals surface area (Å²) in [6, 6.07) is 4.82. The fourth-order valence-electron chi connectivity index (χ4n) is 3.36. The summed E-state index contributed by atoms with van der Waals surface area (Å²) in [5.74, 6) is 1.60. The number of rotatable bonds is 4. The molecule has 4 aromatic rings. The highest BCUT2D eigenvalue weighted by Gasteiger charge is 2.14. The predicted molar refractivity (Wildman–Crippen MR) is 103 cm³/mol. The summed E-state index contributed by atoms with van der Waals surface area (Å²) in [6.45, 7) is 10.5. The van der Waals surface area contributed by atoms with E-state index in [0.29, 0.717) is 12.0 Å². The molecule has 7 heteroatoms. The van der Waals surface area contributed by atoms with Gasteiger partial charge >= 0.3 is 0 Å². The molecule has 4 rings (SSSR count). The third kappa shape index (κ3) is 2.69.